The van der Waals surface area contributed by atoms with Crippen molar-refractivity contribution < 1.29 is 18.1 Å². The highest BCUT2D eigenvalue weighted by molar-refractivity contribution is 7.86. The Morgan fingerprint density at radius 2 is 1.35 bits per heavy atom. The fraction of sp³-hybridized carbons (Fsp3) is 0. The number of fused-ring (bicyclic) bond motifs is 1. The van der Waals surface area contributed by atoms with Crippen molar-refractivity contribution >= 4 is 32.3 Å². The van der Waals surface area contributed by atoms with Crippen LogP contribution in [0.3, 0.4) is 0 Å². The number of rotatable bonds is 3. The molecule has 0 atom stereocenters. The van der Waals surface area contributed by atoms with Crippen LogP contribution in [0.1, 0.15) is 0 Å². The lowest BCUT2D eigenvalue weighted by Crippen LogP contribution is -1.97. The Labute approximate surface area is 132 Å². The highest BCUT2D eigenvalue weighted by Crippen LogP contribution is 2.34. The zero-order valence-corrected chi connectivity index (χ0v) is 12.6. The van der Waals surface area contributed by atoms with Crippen molar-refractivity contribution in [2.24, 2.45) is 10.2 Å². The van der Waals surface area contributed by atoms with E-state index in [1.165, 1.54) is 24.3 Å². The minimum atomic E-state index is -4.38. The molecule has 0 aliphatic heterocycles. The van der Waals surface area contributed by atoms with E-state index in [9.17, 15) is 18.1 Å². The van der Waals surface area contributed by atoms with E-state index in [1.807, 2.05) is 0 Å². The van der Waals surface area contributed by atoms with Gasteiger partial charge in [0, 0.05) is 10.8 Å². The molecule has 2 N–H and O–H groups in total. The van der Waals surface area contributed by atoms with Crippen LogP contribution >= 0.6 is 0 Å². The van der Waals surface area contributed by atoms with E-state index in [-0.39, 0.29) is 16.3 Å². The lowest BCUT2D eigenvalue weighted by Gasteiger charge is -2.04. The van der Waals surface area contributed by atoms with Gasteiger partial charge in [-0.2, -0.15) is 8.42 Å². The van der Waals surface area contributed by atoms with Crippen LogP contribution in [-0.4, -0.2) is 18.1 Å². The first-order chi connectivity index (χ1) is 11.0. The summed E-state index contributed by atoms with van der Waals surface area (Å²) >= 11 is 0. The van der Waals surface area contributed by atoms with E-state index in [1.54, 1.807) is 36.4 Å². The van der Waals surface area contributed by atoms with Crippen LogP contribution in [-0.2, 0) is 10.1 Å². The summed E-state index contributed by atoms with van der Waals surface area (Å²) < 4.78 is 31.9. The van der Waals surface area contributed by atoms with E-state index in [0.29, 0.717) is 16.5 Å². The standard InChI is InChI=1S/C16H12N2O4S/c19-15-10-9-13(11-5-1-2-6-12(11)15)17-18-14-7-3-4-8-16(14)23(20,21)22/h1-10,19H,(H,20,21,22). The molecule has 3 aromatic carbocycles. The van der Waals surface area contributed by atoms with Gasteiger partial charge >= 0.3 is 0 Å². The van der Waals surface area contributed by atoms with Crippen LogP contribution in [0.5, 0.6) is 5.75 Å². The fourth-order valence-corrected chi connectivity index (χ4v) is 2.84. The second-order valence-corrected chi connectivity index (χ2v) is 6.18. The molecule has 7 heteroatoms. The molecule has 23 heavy (non-hydrogen) atoms. The molecule has 0 amide bonds. The van der Waals surface area contributed by atoms with Gasteiger partial charge in [-0.05, 0) is 24.3 Å². The molecule has 3 aromatic rings. The Morgan fingerprint density at radius 1 is 0.739 bits per heavy atom. The van der Waals surface area contributed by atoms with Crippen LogP contribution in [0.4, 0.5) is 11.4 Å². The molecular formula is C16H12N2O4S. The first kappa shape index (κ1) is 15.1. The molecule has 0 heterocycles. The average molecular weight is 328 g/mol. The number of benzene rings is 3. The van der Waals surface area contributed by atoms with Gasteiger partial charge in [-0.15, -0.1) is 10.2 Å². The van der Waals surface area contributed by atoms with Crippen molar-refractivity contribution in [3.05, 3.63) is 60.7 Å². The number of hydrogen-bond donors (Lipinski definition) is 2. The normalized spacial score (nSPS) is 12.0. The van der Waals surface area contributed by atoms with Gasteiger partial charge in [0.15, 0.2) is 0 Å². The quantitative estimate of drug-likeness (QED) is 0.555. The summed E-state index contributed by atoms with van der Waals surface area (Å²) in [6, 6.07) is 15.9. The third-order valence-corrected chi connectivity index (χ3v) is 4.19. The van der Waals surface area contributed by atoms with Gasteiger partial charge < -0.3 is 5.11 Å². The van der Waals surface area contributed by atoms with E-state index in [2.05, 4.69) is 10.2 Å². The van der Waals surface area contributed by atoms with Gasteiger partial charge in [0.25, 0.3) is 10.1 Å². The van der Waals surface area contributed by atoms with Gasteiger partial charge in [-0.25, -0.2) is 0 Å². The first-order valence-corrected chi connectivity index (χ1v) is 8.10. The minimum absolute atomic E-state index is 0.0344. The molecule has 0 radical (unpaired) electrons. The van der Waals surface area contributed by atoms with Crippen molar-refractivity contribution in [2.75, 3.05) is 0 Å². The van der Waals surface area contributed by atoms with Gasteiger partial charge in [-0.3, -0.25) is 4.55 Å². The summed E-state index contributed by atoms with van der Waals surface area (Å²) in [7, 11) is -4.38. The zero-order chi connectivity index (χ0) is 16.4. The van der Waals surface area contributed by atoms with E-state index in [4.69, 9.17) is 0 Å². The Bertz CT molecular complexity index is 1010. The largest absolute Gasteiger partial charge is 0.507 e. The highest BCUT2D eigenvalue weighted by Gasteiger charge is 2.14. The van der Waals surface area contributed by atoms with Crippen LogP contribution in [0, 0.1) is 0 Å². The third-order valence-electron chi connectivity index (χ3n) is 3.29. The number of aromatic hydroxyl groups is 1. The van der Waals surface area contributed by atoms with Crippen LogP contribution in [0.2, 0.25) is 0 Å². The summed E-state index contributed by atoms with van der Waals surface area (Å²) in [6.07, 6.45) is 0. The van der Waals surface area contributed by atoms with E-state index < -0.39 is 10.1 Å². The summed E-state index contributed by atoms with van der Waals surface area (Å²) in [4.78, 5) is -0.313. The SMILES string of the molecule is O=S(=O)(O)c1ccccc1N=Nc1ccc(O)c2ccccc12. The lowest BCUT2D eigenvalue weighted by molar-refractivity contribution is 0.481. The summed E-state index contributed by atoms with van der Waals surface area (Å²) in [5, 5.41) is 19.1. The van der Waals surface area contributed by atoms with E-state index >= 15 is 0 Å². The van der Waals surface area contributed by atoms with Gasteiger partial charge in [-0.1, -0.05) is 36.4 Å². The average Bonchev–Trinajstić information content (AvgIpc) is 2.54. The molecule has 0 fully saturated rings. The van der Waals surface area contributed by atoms with Crippen molar-refractivity contribution in [2.45, 2.75) is 4.90 Å². The molecule has 116 valence electrons. The first-order valence-electron chi connectivity index (χ1n) is 6.66. The second kappa shape index (κ2) is 5.79. The van der Waals surface area contributed by atoms with Crippen molar-refractivity contribution in [3.8, 4) is 5.75 Å². The third kappa shape index (κ3) is 3.05. The maximum atomic E-state index is 11.3. The molecule has 0 spiro atoms. The van der Waals surface area contributed by atoms with Gasteiger partial charge in [0.2, 0.25) is 0 Å². The monoisotopic (exact) mass is 328 g/mol. The molecule has 3 rings (SSSR count). The molecule has 0 aliphatic carbocycles. The summed E-state index contributed by atoms with van der Waals surface area (Å²) in [6.45, 7) is 0. The zero-order valence-electron chi connectivity index (χ0n) is 11.8. The van der Waals surface area contributed by atoms with Crippen molar-refractivity contribution in [3.63, 3.8) is 0 Å². The van der Waals surface area contributed by atoms with Crippen LogP contribution < -0.4 is 0 Å². The van der Waals surface area contributed by atoms with E-state index in [0.717, 1.165) is 0 Å². The predicted molar refractivity (Wildman–Crippen MR) is 86.0 cm³/mol. The molecule has 0 bridgehead atoms. The topological polar surface area (TPSA) is 99.3 Å². The van der Waals surface area contributed by atoms with Gasteiger partial charge in [0.05, 0.1) is 5.69 Å². The molecule has 0 saturated carbocycles. The number of hydrogen-bond acceptors (Lipinski definition) is 5. The fourth-order valence-electron chi connectivity index (χ4n) is 2.22. The van der Waals surface area contributed by atoms with Crippen LogP contribution in [0.25, 0.3) is 10.8 Å². The number of phenols is 1. The minimum Gasteiger partial charge on any atom is -0.507 e. The summed E-state index contributed by atoms with van der Waals surface area (Å²) in [5.41, 5.74) is 0.510. The Hall–Kier alpha value is -2.77. The maximum Gasteiger partial charge on any atom is 0.296 e. The van der Waals surface area contributed by atoms with Crippen molar-refractivity contribution in [1.82, 2.24) is 0 Å². The van der Waals surface area contributed by atoms with Crippen LogP contribution in [0.15, 0.2) is 75.8 Å². The molecule has 6 nitrogen and oxygen atoms in total. The Balaban J connectivity index is 2.11. The lowest BCUT2D eigenvalue weighted by atomic mass is 10.1. The maximum absolute atomic E-state index is 11.3. The Kier molecular flexibility index (Phi) is 3.81. The Morgan fingerprint density at radius 3 is 2.09 bits per heavy atom. The predicted octanol–water partition coefficient (Wildman–Crippen LogP) is 4.21. The molecule has 0 aliphatic rings. The van der Waals surface area contributed by atoms with Gasteiger partial charge in [0.1, 0.15) is 16.3 Å². The smallest absolute Gasteiger partial charge is 0.296 e. The number of nitrogens with zero attached hydrogens (tertiary/aromatic N) is 2. The number of phenolic OH excluding ortho intramolecular Hbond substituents is 1. The van der Waals surface area contributed by atoms with Crippen molar-refractivity contribution in [1.29, 1.82) is 0 Å². The molecule has 0 saturated heterocycles. The molecule has 0 aromatic heterocycles. The summed E-state index contributed by atoms with van der Waals surface area (Å²) in [5.74, 6) is 0.123. The highest BCUT2D eigenvalue weighted by atomic mass is 32.2. The molecule has 0 unspecified atom stereocenters. The second-order valence-electron chi connectivity index (χ2n) is 4.79. The molecular weight excluding hydrogens is 316 g/mol. The number of azo groups is 1.